The number of hydrogen-bond acceptors (Lipinski definition) is 2. The predicted molar refractivity (Wildman–Crippen MR) is 66.3 cm³/mol. The minimum absolute atomic E-state index is 0.0505. The second-order valence-corrected chi connectivity index (χ2v) is 7.18. The van der Waals surface area contributed by atoms with Gasteiger partial charge in [0.05, 0.1) is 12.0 Å². The minimum Gasteiger partial charge on any atom is -0.336 e. The maximum absolute atomic E-state index is 12.2. The third kappa shape index (κ3) is 1.38. The van der Waals surface area contributed by atoms with Gasteiger partial charge in [-0.05, 0) is 56.3 Å². The van der Waals surface area contributed by atoms with Gasteiger partial charge in [-0.25, -0.2) is 0 Å². The van der Waals surface area contributed by atoms with E-state index in [2.05, 4.69) is 11.0 Å². The molecule has 4 aliphatic carbocycles. The Morgan fingerprint density at radius 1 is 1.11 bits per heavy atom. The van der Waals surface area contributed by atoms with Gasteiger partial charge in [0.15, 0.2) is 0 Å². The molecule has 0 radical (unpaired) electrons. The van der Waals surface area contributed by atoms with E-state index in [-0.39, 0.29) is 17.4 Å². The van der Waals surface area contributed by atoms with Crippen LogP contribution in [0.3, 0.4) is 0 Å². The van der Waals surface area contributed by atoms with Crippen LogP contribution < -0.4 is 0 Å². The van der Waals surface area contributed by atoms with Crippen molar-refractivity contribution in [1.82, 2.24) is 4.90 Å². The number of nitrogens with zero attached hydrogens (tertiary/aromatic N) is 2. The van der Waals surface area contributed by atoms with Crippen molar-refractivity contribution in [3.8, 4) is 6.07 Å². The van der Waals surface area contributed by atoms with Gasteiger partial charge in [0.1, 0.15) is 0 Å². The molecule has 5 rings (SSSR count). The molecule has 0 aromatic carbocycles. The van der Waals surface area contributed by atoms with E-state index in [1.807, 2.05) is 0 Å². The lowest BCUT2D eigenvalue weighted by Gasteiger charge is -2.59. The van der Waals surface area contributed by atoms with Gasteiger partial charge in [-0.3, -0.25) is 4.79 Å². The molecule has 3 nitrogen and oxygen atoms in total. The van der Waals surface area contributed by atoms with Crippen LogP contribution in [0.1, 0.15) is 44.9 Å². The van der Waals surface area contributed by atoms with Crippen molar-refractivity contribution in [3.05, 3.63) is 0 Å². The van der Waals surface area contributed by atoms with Crippen molar-refractivity contribution < 1.29 is 4.79 Å². The number of hydrogen-bond donors (Lipinski definition) is 0. The predicted octanol–water partition coefficient (Wildman–Crippen LogP) is 2.33. The zero-order valence-corrected chi connectivity index (χ0v) is 10.8. The molecule has 5 fully saturated rings. The fraction of sp³-hybridized carbons (Fsp3) is 0.867. The van der Waals surface area contributed by atoms with Crippen LogP contribution >= 0.6 is 0 Å². The van der Waals surface area contributed by atoms with Crippen molar-refractivity contribution in [3.63, 3.8) is 0 Å². The van der Waals surface area contributed by atoms with Crippen LogP contribution in [0.15, 0.2) is 0 Å². The number of amides is 1. The Morgan fingerprint density at radius 2 is 1.67 bits per heavy atom. The van der Waals surface area contributed by atoms with Gasteiger partial charge in [-0.2, -0.15) is 5.26 Å². The first-order valence-electron chi connectivity index (χ1n) is 7.38. The van der Waals surface area contributed by atoms with Gasteiger partial charge in [0.2, 0.25) is 5.91 Å². The van der Waals surface area contributed by atoms with E-state index in [4.69, 9.17) is 5.26 Å². The Bertz CT molecular complexity index is 401. The fourth-order valence-electron chi connectivity index (χ4n) is 5.65. The first kappa shape index (κ1) is 10.8. The second kappa shape index (κ2) is 3.50. The van der Waals surface area contributed by atoms with E-state index in [0.717, 1.165) is 17.8 Å². The summed E-state index contributed by atoms with van der Waals surface area (Å²) >= 11 is 0. The molecule has 1 aliphatic heterocycles. The number of rotatable bonds is 1. The molecule has 18 heavy (non-hydrogen) atoms. The maximum atomic E-state index is 12.2. The summed E-state index contributed by atoms with van der Waals surface area (Å²) in [6.45, 7) is 0.710. The van der Waals surface area contributed by atoms with Gasteiger partial charge >= 0.3 is 0 Å². The van der Waals surface area contributed by atoms with Crippen LogP contribution in [0, 0.1) is 35.0 Å². The highest BCUT2D eigenvalue weighted by atomic mass is 16.2. The lowest BCUT2D eigenvalue weighted by atomic mass is 9.52. The quantitative estimate of drug-likeness (QED) is 0.710. The maximum Gasteiger partial charge on any atom is 0.224 e. The van der Waals surface area contributed by atoms with Crippen LogP contribution in [-0.4, -0.2) is 22.9 Å². The highest BCUT2D eigenvalue weighted by Crippen LogP contribution is 2.58. The molecule has 4 bridgehead atoms. The highest BCUT2D eigenvalue weighted by molar-refractivity contribution is 5.80. The number of likely N-dealkylation sites (tertiary alicyclic amines) is 1. The summed E-state index contributed by atoms with van der Waals surface area (Å²) in [6.07, 6.45) is 8.36. The van der Waals surface area contributed by atoms with E-state index in [9.17, 15) is 4.79 Å². The van der Waals surface area contributed by atoms with Gasteiger partial charge in [0.25, 0.3) is 0 Å². The molecule has 0 aromatic rings. The molecule has 3 heteroatoms. The standard InChI is InChI=1S/C15H20N2O/c16-8-13-4-14(18)17(9-13)15-5-10-1-11(6-15)3-12(2-10)7-15/h10-13H,1-7,9H2. The average Bonchev–Trinajstić information content (AvgIpc) is 2.69. The lowest BCUT2D eigenvalue weighted by molar-refractivity contribution is -0.145. The molecule has 0 N–H and O–H groups in total. The van der Waals surface area contributed by atoms with Crippen molar-refractivity contribution >= 4 is 5.91 Å². The molecule has 1 saturated heterocycles. The molecular weight excluding hydrogens is 224 g/mol. The van der Waals surface area contributed by atoms with Crippen LogP contribution in [0.25, 0.3) is 0 Å². The summed E-state index contributed by atoms with van der Waals surface area (Å²) in [7, 11) is 0. The van der Waals surface area contributed by atoms with E-state index >= 15 is 0 Å². The molecule has 0 spiro atoms. The Kier molecular flexibility index (Phi) is 2.11. The van der Waals surface area contributed by atoms with Crippen LogP contribution in [0.4, 0.5) is 0 Å². The van der Waals surface area contributed by atoms with Crippen molar-refractivity contribution in [2.75, 3.05) is 6.54 Å². The normalized spacial score (nSPS) is 49.7. The molecule has 1 atom stereocenters. The van der Waals surface area contributed by atoms with Crippen LogP contribution in [-0.2, 0) is 4.79 Å². The average molecular weight is 244 g/mol. The van der Waals surface area contributed by atoms with E-state index in [0.29, 0.717) is 13.0 Å². The largest absolute Gasteiger partial charge is 0.336 e. The molecule has 96 valence electrons. The number of nitriles is 1. The van der Waals surface area contributed by atoms with Gasteiger partial charge in [-0.15, -0.1) is 0 Å². The topological polar surface area (TPSA) is 44.1 Å². The van der Waals surface area contributed by atoms with Crippen LogP contribution in [0.2, 0.25) is 0 Å². The molecular formula is C15H20N2O. The highest BCUT2D eigenvalue weighted by Gasteiger charge is 2.56. The van der Waals surface area contributed by atoms with Gasteiger partial charge < -0.3 is 4.90 Å². The summed E-state index contributed by atoms with van der Waals surface area (Å²) in [6, 6.07) is 2.29. The minimum atomic E-state index is -0.0505. The fourth-order valence-corrected chi connectivity index (χ4v) is 5.65. The molecule has 1 unspecified atom stereocenters. The Labute approximate surface area is 108 Å². The summed E-state index contributed by atoms with van der Waals surface area (Å²) in [5.74, 6) is 2.80. The van der Waals surface area contributed by atoms with E-state index in [1.54, 1.807) is 0 Å². The van der Waals surface area contributed by atoms with Crippen molar-refractivity contribution in [2.45, 2.75) is 50.5 Å². The van der Waals surface area contributed by atoms with Crippen molar-refractivity contribution in [1.29, 1.82) is 5.26 Å². The summed E-state index contributed by atoms with van der Waals surface area (Å²) < 4.78 is 0. The smallest absolute Gasteiger partial charge is 0.224 e. The van der Waals surface area contributed by atoms with Gasteiger partial charge in [-0.1, -0.05) is 0 Å². The zero-order chi connectivity index (χ0) is 12.3. The first-order chi connectivity index (χ1) is 8.68. The Morgan fingerprint density at radius 3 is 2.11 bits per heavy atom. The summed E-state index contributed by atoms with van der Waals surface area (Å²) in [5.41, 5.74) is 0.164. The third-order valence-corrected chi connectivity index (χ3v) is 5.89. The number of carbonyl (C=O) groups is 1. The van der Waals surface area contributed by atoms with Gasteiger partial charge in [0, 0.05) is 18.5 Å². The number of carbonyl (C=O) groups excluding carboxylic acids is 1. The van der Waals surface area contributed by atoms with Crippen LogP contribution in [0.5, 0.6) is 0 Å². The summed E-state index contributed by atoms with van der Waals surface area (Å²) in [5, 5.41) is 9.05. The molecule has 0 aromatic heterocycles. The van der Waals surface area contributed by atoms with E-state index in [1.165, 1.54) is 38.5 Å². The molecule has 4 saturated carbocycles. The second-order valence-electron chi connectivity index (χ2n) is 7.18. The monoisotopic (exact) mass is 244 g/mol. The Hall–Kier alpha value is -1.04. The Balaban J connectivity index is 1.64. The molecule has 1 amide bonds. The third-order valence-electron chi connectivity index (χ3n) is 5.89. The molecule has 1 heterocycles. The van der Waals surface area contributed by atoms with Crippen molar-refractivity contribution in [2.24, 2.45) is 23.7 Å². The SMILES string of the molecule is N#CC1CC(=O)N(C23CC4CC(CC(C4)C2)C3)C1. The van der Waals surface area contributed by atoms with E-state index < -0.39 is 0 Å². The summed E-state index contributed by atoms with van der Waals surface area (Å²) in [4.78, 5) is 14.4. The first-order valence-corrected chi connectivity index (χ1v) is 7.38. The zero-order valence-electron chi connectivity index (χ0n) is 10.8. The lowest BCUT2D eigenvalue weighted by Crippen LogP contribution is -2.60. The molecule has 5 aliphatic rings.